The van der Waals surface area contributed by atoms with E-state index in [1.807, 2.05) is 18.2 Å². The number of anilines is 1. The SMILES string of the molecule is Cc1cc(-c2cc3c(cc2OCC2CC2)CCN3S(C)(=O)=O)cn(C)c1=O. The number of sulfonamides is 1. The molecule has 0 radical (unpaired) electrons. The van der Waals surface area contributed by atoms with E-state index < -0.39 is 10.0 Å². The molecule has 0 bridgehead atoms. The number of hydrogen-bond acceptors (Lipinski definition) is 4. The number of aryl methyl sites for hydroxylation is 2. The van der Waals surface area contributed by atoms with Crippen molar-refractivity contribution in [1.29, 1.82) is 0 Å². The molecule has 1 aliphatic carbocycles. The second kappa shape index (κ2) is 6.41. The molecule has 1 aromatic carbocycles. The highest BCUT2D eigenvalue weighted by molar-refractivity contribution is 7.92. The van der Waals surface area contributed by atoms with Crippen LogP contribution in [-0.4, -0.2) is 32.4 Å². The molecule has 2 aromatic rings. The Bertz CT molecular complexity index is 1040. The van der Waals surface area contributed by atoms with E-state index in [2.05, 4.69) is 0 Å². The van der Waals surface area contributed by atoms with Gasteiger partial charge >= 0.3 is 0 Å². The van der Waals surface area contributed by atoms with Crippen LogP contribution in [0.1, 0.15) is 24.0 Å². The Balaban J connectivity index is 1.85. The topological polar surface area (TPSA) is 68.6 Å². The van der Waals surface area contributed by atoms with Gasteiger partial charge in [-0.1, -0.05) is 0 Å². The standard InChI is InChI=1S/C20H24N2O4S/c1-13-8-16(11-21(2)20(13)23)17-10-18-15(6-7-22(18)27(3,24)25)9-19(17)26-12-14-4-5-14/h8-11,14H,4-7,12H2,1-3H3. The largest absolute Gasteiger partial charge is 0.493 e. The molecule has 6 nitrogen and oxygen atoms in total. The van der Waals surface area contributed by atoms with Crippen LogP contribution >= 0.6 is 0 Å². The number of ether oxygens (including phenoxy) is 1. The molecule has 1 aliphatic heterocycles. The number of nitrogens with zero attached hydrogens (tertiary/aromatic N) is 2. The number of fused-ring (bicyclic) bond motifs is 1. The van der Waals surface area contributed by atoms with Crippen molar-refractivity contribution in [3.63, 3.8) is 0 Å². The minimum Gasteiger partial charge on any atom is -0.493 e. The van der Waals surface area contributed by atoms with E-state index in [-0.39, 0.29) is 5.56 Å². The Labute approximate surface area is 159 Å². The summed E-state index contributed by atoms with van der Waals surface area (Å²) >= 11 is 0. The summed E-state index contributed by atoms with van der Waals surface area (Å²) in [4.78, 5) is 12.1. The van der Waals surface area contributed by atoms with Crippen molar-refractivity contribution in [3.05, 3.63) is 45.9 Å². The van der Waals surface area contributed by atoms with Crippen LogP contribution in [0.25, 0.3) is 11.1 Å². The molecule has 0 spiro atoms. The molecule has 2 aliphatic rings. The minimum absolute atomic E-state index is 0.0434. The first-order chi connectivity index (χ1) is 12.7. The van der Waals surface area contributed by atoms with E-state index in [0.29, 0.717) is 36.7 Å². The Morgan fingerprint density at radius 3 is 2.59 bits per heavy atom. The van der Waals surface area contributed by atoms with Crippen molar-refractivity contribution in [3.8, 4) is 16.9 Å². The van der Waals surface area contributed by atoms with Crippen LogP contribution < -0.4 is 14.6 Å². The third-order valence-electron chi connectivity index (χ3n) is 5.28. The lowest BCUT2D eigenvalue weighted by atomic mass is 10.0. The van der Waals surface area contributed by atoms with Gasteiger partial charge in [-0.2, -0.15) is 0 Å². The van der Waals surface area contributed by atoms with Gasteiger partial charge in [0.1, 0.15) is 5.75 Å². The molecule has 0 saturated heterocycles. The maximum Gasteiger partial charge on any atom is 0.253 e. The molecule has 0 atom stereocenters. The van der Waals surface area contributed by atoms with E-state index in [1.54, 1.807) is 24.7 Å². The van der Waals surface area contributed by atoms with Gasteiger partial charge in [0.05, 0.1) is 18.6 Å². The summed E-state index contributed by atoms with van der Waals surface area (Å²) in [5.74, 6) is 1.37. The summed E-state index contributed by atoms with van der Waals surface area (Å²) < 4.78 is 33.4. The molecule has 0 N–H and O–H groups in total. The van der Waals surface area contributed by atoms with Crippen LogP contribution in [0.5, 0.6) is 5.75 Å². The zero-order valence-electron chi connectivity index (χ0n) is 15.9. The molecular formula is C20H24N2O4S. The van der Waals surface area contributed by atoms with E-state index in [1.165, 1.54) is 23.4 Å². The summed E-state index contributed by atoms with van der Waals surface area (Å²) in [5.41, 5.74) is 3.96. The van der Waals surface area contributed by atoms with Crippen LogP contribution in [0.15, 0.2) is 29.2 Å². The van der Waals surface area contributed by atoms with E-state index >= 15 is 0 Å². The van der Waals surface area contributed by atoms with Crippen LogP contribution in [-0.2, 0) is 23.5 Å². The van der Waals surface area contributed by atoms with Gasteiger partial charge in [-0.25, -0.2) is 8.42 Å². The Hall–Kier alpha value is -2.28. The number of benzene rings is 1. The Kier molecular flexibility index (Phi) is 4.29. The van der Waals surface area contributed by atoms with Gasteiger partial charge in [0.25, 0.3) is 5.56 Å². The van der Waals surface area contributed by atoms with Crippen LogP contribution in [0.3, 0.4) is 0 Å². The van der Waals surface area contributed by atoms with Gasteiger partial charge in [0.15, 0.2) is 0 Å². The van der Waals surface area contributed by atoms with Gasteiger partial charge in [-0.3, -0.25) is 9.10 Å². The van der Waals surface area contributed by atoms with Crippen molar-refractivity contribution in [2.75, 3.05) is 23.7 Å². The monoisotopic (exact) mass is 388 g/mol. The molecular weight excluding hydrogens is 364 g/mol. The molecule has 27 heavy (non-hydrogen) atoms. The first-order valence-corrected chi connectivity index (χ1v) is 11.0. The minimum atomic E-state index is -3.33. The van der Waals surface area contributed by atoms with Gasteiger partial charge < -0.3 is 9.30 Å². The first-order valence-electron chi connectivity index (χ1n) is 9.19. The summed E-state index contributed by atoms with van der Waals surface area (Å²) in [5, 5.41) is 0. The smallest absolute Gasteiger partial charge is 0.253 e. The van der Waals surface area contributed by atoms with Crippen LogP contribution in [0.2, 0.25) is 0 Å². The Morgan fingerprint density at radius 2 is 1.96 bits per heavy atom. The fourth-order valence-electron chi connectivity index (χ4n) is 3.59. The molecule has 4 rings (SSSR count). The van der Waals surface area contributed by atoms with Gasteiger partial charge in [0.2, 0.25) is 10.0 Å². The lowest BCUT2D eigenvalue weighted by Gasteiger charge is -2.19. The quantitative estimate of drug-likeness (QED) is 0.789. The van der Waals surface area contributed by atoms with E-state index in [9.17, 15) is 13.2 Å². The Morgan fingerprint density at radius 1 is 1.22 bits per heavy atom. The summed E-state index contributed by atoms with van der Waals surface area (Å²) in [6, 6.07) is 5.71. The average Bonchev–Trinajstić information content (AvgIpc) is 3.33. The third kappa shape index (κ3) is 3.48. The van der Waals surface area contributed by atoms with E-state index in [0.717, 1.165) is 22.4 Å². The molecule has 1 saturated carbocycles. The average molecular weight is 388 g/mol. The maximum absolute atomic E-state index is 12.2. The van der Waals surface area contributed by atoms with Crippen molar-refractivity contribution >= 4 is 15.7 Å². The lowest BCUT2D eigenvalue weighted by Crippen LogP contribution is -2.27. The molecule has 1 aromatic heterocycles. The number of aromatic nitrogens is 1. The second-order valence-corrected chi connectivity index (χ2v) is 9.55. The lowest BCUT2D eigenvalue weighted by molar-refractivity contribution is 0.301. The summed E-state index contributed by atoms with van der Waals surface area (Å²) in [7, 11) is -1.61. The van der Waals surface area contributed by atoms with Crippen molar-refractivity contribution in [2.24, 2.45) is 13.0 Å². The number of hydrogen-bond donors (Lipinski definition) is 0. The second-order valence-electron chi connectivity index (χ2n) is 7.64. The fraction of sp³-hybridized carbons (Fsp3) is 0.450. The van der Waals surface area contributed by atoms with Gasteiger partial charge in [-0.05, 0) is 55.9 Å². The summed E-state index contributed by atoms with van der Waals surface area (Å²) in [6.45, 7) is 2.91. The van der Waals surface area contributed by atoms with Crippen LogP contribution in [0, 0.1) is 12.8 Å². The van der Waals surface area contributed by atoms with Crippen molar-refractivity contribution < 1.29 is 13.2 Å². The number of pyridine rings is 1. The molecule has 1 fully saturated rings. The predicted octanol–water partition coefficient (Wildman–Crippen LogP) is 2.47. The van der Waals surface area contributed by atoms with Crippen molar-refractivity contribution in [1.82, 2.24) is 4.57 Å². The fourth-order valence-corrected chi connectivity index (χ4v) is 4.54. The third-order valence-corrected chi connectivity index (χ3v) is 6.46. The predicted molar refractivity (Wildman–Crippen MR) is 106 cm³/mol. The van der Waals surface area contributed by atoms with Gasteiger partial charge in [-0.15, -0.1) is 0 Å². The van der Waals surface area contributed by atoms with Crippen molar-refractivity contribution in [2.45, 2.75) is 26.2 Å². The zero-order chi connectivity index (χ0) is 19.3. The van der Waals surface area contributed by atoms with E-state index in [4.69, 9.17) is 4.74 Å². The first kappa shape index (κ1) is 18.1. The highest BCUT2D eigenvalue weighted by Crippen LogP contribution is 2.41. The molecule has 2 heterocycles. The highest BCUT2D eigenvalue weighted by Gasteiger charge is 2.29. The maximum atomic E-state index is 12.2. The van der Waals surface area contributed by atoms with Crippen LogP contribution in [0.4, 0.5) is 5.69 Å². The molecule has 0 unspecified atom stereocenters. The summed E-state index contributed by atoms with van der Waals surface area (Å²) in [6.07, 6.45) is 6.08. The molecule has 144 valence electrons. The highest BCUT2D eigenvalue weighted by atomic mass is 32.2. The molecule has 7 heteroatoms. The zero-order valence-corrected chi connectivity index (χ0v) is 16.7. The normalized spacial score (nSPS) is 16.5. The van der Waals surface area contributed by atoms with Gasteiger partial charge in [0, 0.05) is 36.5 Å². The number of rotatable bonds is 5. The molecule has 0 amide bonds.